The van der Waals surface area contributed by atoms with Gasteiger partial charge in [0.05, 0.1) is 5.92 Å². The van der Waals surface area contributed by atoms with Gasteiger partial charge in [-0.05, 0) is 24.5 Å². The van der Waals surface area contributed by atoms with Crippen molar-refractivity contribution in [3.05, 3.63) is 29.6 Å². The number of carboxylic acids is 1. The second kappa shape index (κ2) is 4.84. The lowest BCUT2D eigenvalue weighted by Gasteiger charge is -2.41. The van der Waals surface area contributed by atoms with Crippen LogP contribution in [0.4, 0.5) is 0 Å². The first-order valence-electron chi connectivity index (χ1n) is 5.93. The Hall–Kier alpha value is -1.42. The van der Waals surface area contributed by atoms with Crippen molar-refractivity contribution < 1.29 is 9.90 Å². The largest absolute Gasteiger partial charge is 0.481 e. The van der Waals surface area contributed by atoms with E-state index in [1.54, 1.807) is 6.92 Å². The Morgan fingerprint density at radius 1 is 1.59 bits per heavy atom. The van der Waals surface area contributed by atoms with E-state index in [-0.39, 0.29) is 5.92 Å². The number of aromatic nitrogens is 1. The molecule has 0 spiro atoms. The average Bonchev–Trinajstić information content (AvgIpc) is 2.24. The van der Waals surface area contributed by atoms with Gasteiger partial charge in [-0.15, -0.1) is 0 Å². The Morgan fingerprint density at radius 3 is 2.82 bits per heavy atom. The van der Waals surface area contributed by atoms with Gasteiger partial charge in [0.15, 0.2) is 0 Å². The maximum absolute atomic E-state index is 10.8. The van der Waals surface area contributed by atoms with Crippen molar-refractivity contribution in [1.82, 2.24) is 9.88 Å². The maximum Gasteiger partial charge on any atom is 0.306 e. The monoisotopic (exact) mass is 234 g/mol. The van der Waals surface area contributed by atoms with Gasteiger partial charge in [0.2, 0.25) is 0 Å². The highest BCUT2D eigenvalue weighted by Crippen LogP contribution is 2.25. The van der Waals surface area contributed by atoms with Crippen molar-refractivity contribution in [3.63, 3.8) is 0 Å². The molecule has 4 nitrogen and oxygen atoms in total. The number of hydrogen-bond donors (Lipinski definition) is 1. The minimum Gasteiger partial charge on any atom is -0.481 e. The molecule has 92 valence electrons. The van der Waals surface area contributed by atoms with E-state index in [4.69, 9.17) is 5.11 Å². The summed E-state index contributed by atoms with van der Waals surface area (Å²) in [7, 11) is 0. The zero-order valence-electron chi connectivity index (χ0n) is 10.3. The molecule has 17 heavy (non-hydrogen) atoms. The van der Waals surface area contributed by atoms with Crippen LogP contribution < -0.4 is 0 Å². The van der Waals surface area contributed by atoms with Crippen molar-refractivity contribution in [3.8, 4) is 0 Å². The minimum atomic E-state index is -0.688. The van der Waals surface area contributed by atoms with Gasteiger partial charge < -0.3 is 5.11 Å². The van der Waals surface area contributed by atoms with E-state index in [9.17, 15) is 4.79 Å². The predicted octanol–water partition coefficient (Wildman–Crippen LogP) is 1.54. The smallest absolute Gasteiger partial charge is 0.306 e. The third-order valence-corrected chi connectivity index (χ3v) is 3.46. The molecule has 1 atom stereocenters. The van der Waals surface area contributed by atoms with Crippen LogP contribution in [-0.4, -0.2) is 34.0 Å². The number of aliphatic carboxylic acids is 1. The molecule has 2 rings (SSSR count). The lowest BCUT2D eigenvalue weighted by atomic mass is 9.87. The lowest BCUT2D eigenvalue weighted by molar-refractivity contribution is -0.145. The molecular formula is C13H18N2O2. The molecule has 0 radical (unpaired) electrons. The van der Waals surface area contributed by atoms with E-state index in [1.165, 1.54) is 5.56 Å². The van der Waals surface area contributed by atoms with E-state index in [0.29, 0.717) is 5.92 Å². The van der Waals surface area contributed by atoms with Gasteiger partial charge in [0.1, 0.15) is 0 Å². The second-order valence-electron chi connectivity index (χ2n) is 4.89. The van der Waals surface area contributed by atoms with Crippen LogP contribution in [0.3, 0.4) is 0 Å². The topological polar surface area (TPSA) is 53.4 Å². The molecule has 2 heterocycles. The number of carbonyl (C=O) groups is 1. The molecule has 1 N–H and O–H groups in total. The van der Waals surface area contributed by atoms with Crippen LogP contribution in [0.5, 0.6) is 0 Å². The fourth-order valence-corrected chi connectivity index (χ4v) is 2.11. The number of hydrogen-bond acceptors (Lipinski definition) is 3. The first-order valence-corrected chi connectivity index (χ1v) is 5.93. The lowest BCUT2D eigenvalue weighted by Crippen LogP contribution is -2.50. The molecule has 1 unspecified atom stereocenters. The normalized spacial score (nSPS) is 18.7. The minimum absolute atomic E-state index is 0.234. The summed E-state index contributed by atoms with van der Waals surface area (Å²) >= 11 is 0. The Balaban J connectivity index is 1.81. The summed E-state index contributed by atoms with van der Waals surface area (Å²) in [6, 6.07) is 4.09. The number of nitrogens with zero attached hydrogens (tertiary/aromatic N) is 2. The third kappa shape index (κ3) is 2.82. The summed E-state index contributed by atoms with van der Waals surface area (Å²) in [6.45, 7) is 6.38. The SMILES string of the molecule is Cc1ccc(CN2CC(C(C)C(=O)O)C2)cn1. The fraction of sp³-hybridized carbons (Fsp3) is 0.538. The molecule has 1 aromatic heterocycles. The summed E-state index contributed by atoms with van der Waals surface area (Å²) in [5, 5.41) is 8.90. The zero-order chi connectivity index (χ0) is 12.4. The van der Waals surface area contributed by atoms with Crippen molar-refractivity contribution in [2.24, 2.45) is 11.8 Å². The predicted molar refractivity (Wildman–Crippen MR) is 64.5 cm³/mol. The van der Waals surface area contributed by atoms with Gasteiger partial charge in [-0.2, -0.15) is 0 Å². The molecule has 0 bridgehead atoms. The molecule has 1 saturated heterocycles. The third-order valence-electron chi connectivity index (χ3n) is 3.46. The van der Waals surface area contributed by atoms with Crippen molar-refractivity contribution in [1.29, 1.82) is 0 Å². The van der Waals surface area contributed by atoms with E-state index in [0.717, 1.165) is 25.3 Å². The molecule has 0 amide bonds. The van der Waals surface area contributed by atoms with Crippen LogP contribution in [0, 0.1) is 18.8 Å². The van der Waals surface area contributed by atoms with E-state index >= 15 is 0 Å². The molecule has 0 aromatic carbocycles. The molecular weight excluding hydrogens is 216 g/mol. The van der Waals surface area contributed by atoms with Crippen LogP contribution in [0.25, 0.3) is 0 Å². The summed E-state index contributed by atoms with van der Waals surface area (Å²) in [5.41, 5.74) is 2.21. The molecule has 0 saturated carbocycles. The number of likely N-dealkylation sites (tertiary alicyclic amines) is 1. The van der Waals surface area contributed by atoms with Crippen molar-refractivity contribution in [2.45, 2.75) is 20.4 Å². The van der Waals surface area contributed by atoms with Crippen LogP contribution in [0.15, 0.2) is 18.3 Å². The van der Waals surface area contributed by atoms with Crippen LogP contribution in [0.1, 0.15) is 18.2 Å². The Kier molecular flexibility index (Phi) is 3.43. The first-order chi connectivity index (χ1) is 8.06. The Morgan fingerprint density at radius 2 is 2.29 bits per heavy atom. The van der Waals surface area contributed by atoms with Gasteiger partial charge in [0, 0.05) is 31.5 Å². The molecule has 4 heteroatoms. The molecule has 1 aliphatic heterocycles. The van der Waals surface area contributed by atoms with Crippen molar-refractivity contribution in [2.75, 3.05) is 13.1 Å². The summed E-state index contributed by atoms with van der Waals surface area (Å²) < 4.78 is 0. The van der Waals surface area contributed by atoms with Gasteiger partial charge in [0.25, 0.3) is 0 Å². The number of aryl methyl sites for hydroxylation is 1. The molecule has 1 aromatic rings. The molecule has 1 aliphatic rings. The zero-order valence-corrected chi connectivity index (χ0v) is 10.3. The maximum atomic E-state index is 10.8. The fourth-order valence-electron chi connectivity index (χ4n) is 2.11. The highest BCUT2D eigenvalue weighted by atomic mass is 16.4. The Bertz CT molecular complexity index is 396. The second-order valence-corrected chi connectivity index (χ2v) is 4.89. The summed E-state index contributed by atoms with van der Waals surface area (Å²) in [6.07, 6.45) is 1.89. The van der Waals surface area contributed by atoms with Gasteiger partial charge >= 0.3 is 5.97 Å². The standard InChI is InChI=1S/C13H18N2O2/c1-9-3-4-11(5-14-9)6-15-7-12(8-15)10(2)13(16)17/h3-5,10,12H,6-8H2,1-2H3,(H,16,17). The summed E-state index contributed by atoms with van der Waals surface area (Å²) in [5.74, 6) is -0.625. The van der Waals surface area contributed by atoms with Crippen LogP contribution in [-0.2, 0) is 11.3 Å². The van der Waals surface area contributed by atoms with E-state index < -0.39 is 5.97 Å². The highest BCUT2D eigenvalue weighted by Gasteiger charge is 2.34. The quantitative estimate of drug-likeness (QED) is 0.858. The number of carboxylic acid groups (broad SMARTS) is 1. The number of rotatable bonds is 4. The average molecular weight is 234 g/mol. The number of pyridine rings is 1. The highest BCUT2D eigenvalue weighted by molar-refractivity contribution is 5.70. The van der Waals surface area contributed by atoms with Gasteiger partial charge in [-0.3, -0.25) is 14.7 Å². The van der Waals surface area contributed by atoms with Crippen LogP contribution >= 0.6 is 0 Å². The summed E-state index contributed by atoms with van der Waals surface area (Å²) in [4.78, 5) is 17.3. The van der Waals surface area contributed by atoms with Gasteiger partial charge in [-0.25, -0.2) is 0 Å². The van der Waals surface area contributed by atoms with Crippen LogP contribution in [0.2, 0.25) is 0 Å². The first kappa shape index (κ1) is 12.0. The van der Waals surface area contributed by atoms with E-state index in [2.05, 4.69) is 16.0 Å². The van der Waals surface area contributed by atoms with Gasteiger partial charge in [-0.1, -0.05) is 13.0 Å². The van der Waals surface area contributed by atoms with Crippen molar-refractivity contribution >= 4 is 5.97 Å². The molecule has 0 aliphatic carbocycles. The molecule has 1 fully saturated rings. The Labute approximate surface area is 101 Å². The van der Waals surface area contributed by atoms with E-state index in [1.807, 2.05) is 19.2 Å².